The largest absolute Gasteiger partial charge is 0.342 e. The molecule has 0 bridgehead atoms. The predicted molar refractivity (Wildman–Crippen MR) is 85.0 cm³/mol. The Hall–Kier alpha value is -1.35. The monoisotopic (exact) mass is 286 g/mol. The first-order valence-corrected chi connectivity index (χ1v) is 8.27. The predicted octanol–water partition coefficient (Wildman–Crippen LogP) is 2.32. The van der Waals surface area contributed by atoms with Crippen molar-refractivity contribution < 1.29 is 4.79 Å². The third kappa shape index (κ3) is 3.46. The zero-order valence-electron chi connectivity index (χ0n) is 12.9. The second-order valence-corrected chi connectivity index (χ2v) is 6.69. The zero-order chi connectivity index (χ0) is 14.7. The molecule has 2 atom stereocenters. The number of benzene rings is 1. The van der Waals surface area contributed by atoms with Gasteiger partial charge in [0, 0.05) is 19.0 Å². The van der Waals surface area contributed by atoms with Crippen molar-refractivity contribution in [1.29, 1.82) is 0 Å². The average Bonchev–Trinajstić information content (AvgIpc) is 2.46. The Labute approximate surface area is 127 Å². The van der Waals surface area contributed by atoms with Gasteiger partial charge in [0.25, 0.3) is 0 Å². The van der Waals surface area contributed by atoms with E-state index in [2.05, 4.69) is 47.5 Å². The van der Waals surface area contributed by atoms with Gasteiger partial charge in [-0.3, -0.25) is 4.79 Å². The van der Waals surface area contributed by atoms with Gasteiger partial charge in [-0.2, -0.15) is 0 Å². The van der Waals surface area contributed by atoms with Crippen LogP contribution in [0.5, 0.6) is 0 Å². The summed E-state index contributed by atoms with van der Waals surface area (Å²) in [5.74, 6) is 1.73. The number of amides is 1. The van der Waals surface area contributed by atoms with Crippen molar-refractivity contribution in [2.24, 2.45) is 17.8 Å². The van der Waals surface area contributed by atoms with Gasteiger partial charge in [0.1, 0.15) is 0 Å². The van der Waals surface area contributed by atoms with E-state index in [1.54, 1.807) is 0 Å². The minimum atomic E-state index is 0.182. The quantitative estimate of drug-likeness (QED) is 0.921. The van der Waals surface area contributed by atoms with E-state index < -0.39 is 0 Å². The van der Waals surface area contributed by atoms with Crippen LogP contribution in [0.2, 0.25) is 0 Å². The molecule has 2 saturated heterocycles. The molecular formula is C18H26N2O. The number of likely N-dealkylation sites (tertiary alicyclic amines) is 1. The first-order chi connectivity index (χ1) is 10.2. The number of carbonyl (C=O) groups excluding carboxylic acids is 1. The molecule has 1 N–H and O–H groups in total. The highest BCUT2D eigenvalue weighted by Crippen LogP contribution is 2.25. The zero-order valence-corrected chi connectivity index (χ0v) is 12.9. The Bertz CT molecular complexity index is 469. The second kappa shape index (κ2) is 6.61. The molecule has 2 aliphatic rings. The number of hydrogen-bond donors (Lipinski definition) is 1. The van der Waals surface area contributed by atoms with Crippen molar-refractivity contribution in [3.63, 3.8) is 0 Å². The summed E-state index contributed by atoms with van der Waals surface area (Å²) in [6, 6.07) is 10.7. The highest BCUT2D eigenvalue weighted by atomic mass is 16.2. The third-order valence-corrected chi connectivity index (χ3v) is 5.11. The number of nitrogens with zero attached hydrogens (tertiary/aromatic N) is 1. The Morgan fingerprint density at radius 2 is 2.10 bits per heavy atom. The van der Waals surface area contributed by atoms with E-state index >= 15 is 0 Å². The smallest absolute Gasteiger partial charge is 0.225 e. The lowest BCUT2D eigenvalue weighted by Gasteiger charge is -2.38. The number of piperidine rings is 1. The molecule has 2 fully saturated rings. The molecule has 0 radical (unpaired) electrons. The molecule has 1 amide bonds. The van der Waals surface area contributed by atoms with Gasteiger partial charge in [-0.05, 0) is 49.8 Å². The van der Waals surface area contributed by atoms with E-state index in [1.807, 2.05) is 0 Å². The topological polar surface area (TPSA) is 32.3 Å². The summed E-state index contributed by atoms with van der Waals surface area (Å²) in [5, 5.41) is 3.27. The minimum Gasteiger partial charge on any atom is -0.342 e. The molecule has 21 heavy (non-hydrogen) atoms. The lowest BCUT2D eigenvalue weighted by molar-refractivity contribution is -0.139. The van der Waals surface area contributed by atoms with Gasteiger partial charge in [0.05, 0.1) is 0 Å². The highest BCUT2D eigenvalue weighted by Gasteiger charge is 2.33. The van der Waals surface area contributed by atoms with E-state index in [0.717, 1.165) is 39.0 Å². The molecule has 2 unspecified atom stereocenters. The summed E-state index contributed by atoms with van der Waals surface area (Å²) in [6.45, 7) is 6.02. The Morgan fingerprint density at radius 1 is 1.33 bits per heavy atom. The van der Waals surface area contributed by atoms with Gasteiger partial charge in [0.2, 0.25) is 5.91 Å². The fraction of sp³-hybridized carbons (Fsp3) is 0.611. The van der Waals surface area contributed by atoms with E-state index in [-0.39, 0.29) is 5.92 Å². The number of hydrogen-bond acceptors (Lipinski definition) is 2. The molecule has 2 heterocycles. The Kier molecular flexibility index (Phi) is 4.59. The molecule has 1 aromatic carbocycles. The fourth-order valence-corrected chi connectivity index (χ4v) is 3.53. The summed E-state index contributed by atoms with van der Waals surface area (Å²) >= 11 is 0. The van der Waals surface area contributed by atoms with Gasteiger partial charge in [-0.25, -0.2) is 0 Å². The molecule has 0 saturated carbocycles. The van der Waals surface area contributed by atoms with E-state index in [0.29, 0.717) is 17.7 Å². The SMILES string of the molecule is CC(C(=O)N1CCCC(Cc2ccccc2)C1)C1CNC1. The second-order valence-electron chi connectivity index (χ2n) is 6.69. The molecule has 3 rings (SSSR count). The first-order valence-electron chi connectivity index (χ1n) is 8.27. The van der Waals surface area contributed by atoms with Crippen molar-refractivity contribution in [3.05, 3.63) is 35.9 Å². The Morgan fingerprint density at radius 3 is 2.76 bits per heavy atom. The summed E-state index contributed by atoms with van der Waals surface area (Å²) in [5.41, 5.74) is 1.40. The van der Waals surface area contributed by atoms with E-state index in [9.17, 15) is 4.79 Å². The number of rotatable bonds is 4. The maximum Gasteiger partial charge on any atom is 0.225 e. The first kappa shape index (κ1) is 14.6. The van der Waals surface area contributed by atoms with E-state index in [1.165, 1.54) is 12.0 Å². The van der Waals surface area contributed by atoms with Crippen LogP contribution >= 0.6 is 0 Å². The van der Waals surface area contributed by atoms with Crippen molar-refractivity contribution in [2.45, 2.75) is 26.2 Å². The molecule has 2 aliphatic heterocycles. The van der Waals surface area contributed by atoms with Gasteiger partial charge in [-0.15, -0.1) is 0 Å². The molecular weight excluding hydrogens is 260 g/mol. The van der Waals surface area contributed by atoms with Crippen LogP contribution in [0.3, 0.4) is 0 Å². The fourth-order valence-electron chi connectivity index (χ4n) is 3.53. The van der Waals surface area contributed by atoms with Crippen molar-refractivity contribution in [1.82, 2.24) is 10.2 Å². The average molecular weight is 286 g/mol. The number of nitrogens with one attached hydrogen (secondary N) is 1. The van der Waals surface area contributed by atoms with Crippen LogP contribution in [0.1, 0.15) is 25.3 Å². The van der Waals surface area contributed by atoms with Crippen molar-refractivity contribution in [2.75, 3.05) is 26.2 Å². The molecule has 0 aliphatic carbocycles. The summed E-state index contributed by atoms with van der Waals surface area (Å²) < 4.78 is 0. The maximum absolute atomic E-state index is 12.6. The van der Waals surface area contributed by atoms with Crippen molar-refractivity contribution in [3.8, 4) is 0 Å². The van der Waals surface area contributed by atoms with Crippen LogP contribution in [0, 0.1) is 17.8 Å². The number of carbonyl (C=O) groups is 1. The molecule has 1 aromatic rings. The van der Waals surface area contributed by atoms with Crippen LogP contribution in [0.4, 0.5) is 0 Å². The molecule has 114 valence electrons. The molecule has 0 aromatic heterocycles. The Balaban J connectivity index is 1.56. The van der Waals surface area contributed by atoms with Crippen LogP contribution in [0.25, 0.3) is 0 Å². The maximum atomic E-state index is 12.6. The van der Waals surface area contributed by atoms with Crippen LogP contribution < -0.4 is 5.32 Å². The minimum absolute atomic E-state index is 0.182. The van der Waals surface area contributed by atoms with Gasteiger partial charge in [0.15, 0.2) is 0 Å². The van der Waals surface area contributed by atoms with Crippen molar-refractivity contribution >= 4 is 5.91 Å². The van der Waals surface area contributed by atoms with Crippen LogP contribution in [-0.2, 0) is 11.2 Å². The molecule has 3 heteroatoms. The summed E-state index contributed by atoms with van der Waals surface area (Å²) in [7, 11) is 0. The lowest BCUT2D eigenvalue weighted by atomic mass is 9.86. The third-order valence-electron chi connectivity index (χ3n) is 5.11. The van der Waals surface area contributed by atoms with Crippen LogP contribution in [0.15, 0.2) is 30.3 Å². The van der Waals surface area contributed by atoms with E-state index in [4.69, 9.17) is 0 Å². The van der Waals surface area contributed by atoms with Gasteiger partial charge in [-0.1, -0.05) is 37.3 Å². The van der Waals surface area contributed by atoms with Crippen LogP contribution in [-0.4, -0.2) is 37.0 Å². The van der Waals surface area contributed by atoms with Gasteiger partial charge >= 0.3 is 0 Å². The highest BCUT2D eigenvalue weighted by molar-refractivity contribution is 5.79. The molecule has 3 nitrogen and oxygen atoms in total. The normalized spacial score (nSPS) is 24.4. The van der Waals surface area contributed by atoms with Gasteiger partial charge < -0.3 is 10.2 Å². The standard InChI is InChI=1S/C18H26N2O/c1-14(17-11-19-12-17)18(21)20-9-5-8-16(13-20)10-15-6-3-2-4-7-15/h2-4,6-7,14,16-17,19H,5,8-13H2,1H3. The summed E-state index contributed by atoms with van der Waals surface area (Å²) in [4.78, 5) is 14.8. The summed E-state index contributed by atoms with van der Waals surface area (Å²) in [6.07, 6.45) is 3.50. The lowest BCUT2D eigenvalue weighted by Crippen LogP contribution is -2.52. The molecule has 0 spiro atoms.